The van der Waals surface area contributed by atoms with Crippen LogP contribution >= 0.6 is 11.6 Å². The van der Waals surface area contributed by atoms with Gasteiger partial charge in [0.1, 0.15) is 0 Å². The van der Waals surface area contributed by atoms with Gasteiger partial charge in [0.15, 0.2) is 23.8 Å². The minimum Gasteiger partial charge on any atom is -0.467 e. The maximum Gasteiger partial charge on any atom is 0.436 e. The molecule has 1 aromatic carbocycles. The van der Waals surface area contributed by atoms with Crippen LogP contribution in [0.15, 0.2) is 40.9 Å². The molecule has 32 heavy (non-hydrogen) atoms. The SMILES string of the molecule is O=C(NCc1cc(C(F)(F)F)no1)c1cc(-c2ccc(Cl)cc2)c(OCC(F)(F)F)nn1. The van der Waals surface area contributed by atoms with E-state index in [0.29, 0.717) is 16.7 Å². The van der Waals surface area contributed by atoms with E-state index in [2.05, 4.69) is 25.2 Å². The zero-order chi connectivity index (χ0) is 23.5. The Labute approximate surface area is 180 Å². The first-order valence-electron chi connectivity index (χ1n) is 8.56. The number of alkyl halides is 6. The molecule has 0 unspecified atom stereocenters. The van der Waals surface area contributed by atoms with E-state index in [0.717, 1.165) is 6.07 Å². The quantitative estimate of drug-likeness (QED) is 0.515. The summed E-state index contributed by atoms with van der Waals surface area (Å²) in [6, 6.07) is 7.60. The summed E-state index contributed by atoms with van der Waals surface area (Å²) in [5.74, 6) is -1.63. The number of nitrogens with one attached hydrogen (secondary N) is 1. The molecule has 0 radical (unpaired) electrons. The van der Waals surface area contributed by atoms with Crippen LogP contribution in [0, 0.1) is 0 Å². The molecule has 2 aromatic heterocycles. The minimum atomic E-state index is -4.71. The third-order valence-electron chi connectivity index (χ3n) is 3.79. The lowest BCUT2D eigenvalue weighted by molar-refractivity contribution is -0.154. The number of rotatable bonds is 6. The monoisotopic (exact) mass is 480 g/mol. The van der Waals surface area contributed by atoms with Gasteiger partial charge in [-0.15, -0.1) is 10.2 Å². The third-order valence-corrected chi connectivity index (χ3v) is 4.04. The highest BCUT2D eigenvalue weighted by Gasteiger charge is 2.35. The highest BCUT2D eigenvalue weighted by molar-refractivity contribution is 6.30. The zero-order valence-electron chi connectivity index (χ0n) is 15.6. The van der Waals surface area contributed by atoms with E-state index in [1.165, 1.54) is 24.3 Å². The number of hydrogen-bond acceptors (Lipinski definition) is 6. The number of carbonyl (C=O) groups excluding carboxylic acids is 1. The van der Waals surface area contributed by atoms with Crippen molar-refractivity contribution in [3.05, 3.63) is 58.6 Å². The van der Waals surface area contributed by atoms with E-state index < -0.39 is 43.0 Å². The van der Waals surface area contributed by atoms with Crippen LogP contribution < -0.4 is 10.1 Å². The molecule has 1 amide bonds. The minimum absolute atomic E-state index is 0.0186. The molecule has 0 bridgehead atoms. The molecule has 3 aromatic rings. The Morgan fingerprint density at radius 2 is 1.75 bits per heavy atom. The largest absolute Gasteiger partial charge is 0.467 e. The van der Waals surface area contributed by atoms with Crippen molar-refractivity contribution < 1.29 is 40.4 Å². The molecule has 0 aliphatic heterocycles. The van der Waals surface area contributed by atoms with Gasteiger partial charge in [0, 0.05) is 16.7 Å². The van der Waals surface area contributed by atoms with Crippen molar-refractivity contribution in [2.75, 3.05) is 6.61 Å². The van der Waals surface area contributed by atoms with Crippen LogP contribution in [0.3, 0.4) is 0 Å². The summed E-state index contributed by atoms with van der Waals surface area (Å²) in [7, 11) is 0. The number of halogens is 7. The van der Waals surface area contributed by atoms with Gasteiger partial charge >= 0.3 is 12.4 Å². The average Bonchev–Trinajstić information content (AvgIpc) is 3.20. The summed E-state index contributed by atoms with van der Waals surface area (Å²) in [5.41, 5.74) is -1.24. The normalized spacial score (nSPS) is 12.0. The van der Waals surface area contributed by atoms with Crippen molar-refractivity contribution in [1.29, 1.82) is 0 Å². The summed E-state index contributed by atoms with van der Waals surface area (Å²) >= 11 is 5.81. The Morgan fingerprint density at radius 1 is 1.06 bits per heavy atom. The van der Waals surface area contributed by atoms with Crippen LogP contribution in [0.5, 0.6) is 5.88 Å². The second-order valence-electron chi connectivity index (χ2n) is 6.22. The topological polar surface area (TPSA) is 90.1 Å². The summed E-state index contributed by atoms with van der Waals surface area (Å²) < 4.78 is 84.5. The number of carbonyl (C=O) groups is 1. The summed E-state index contributed by atoms with van der Waals surface area (Å²) in [6.07, 6.45) is -9.35. The summed E-state index contributed by atoms with van der Waals surface area (Å²) in [5, 5.41) is 12.5. The predicted octanol–water partition coefficient (Wildman–Crippen LogP) is 4.67. The van der Waals surface area contributed by atoms with Gasteiger partial charge in [-0.2, -0.15) is 26.3 Å². The average molecular weight is 481 g/mol. The summed E-state index contributed by atoms with van der Waals surface area (Å²) in [6.45, 7) is -2.09. The first-order chi connectivity index (χ1) is 14.9. The van der Waals surface area contributed by atoms with E-state index >= 15 is 0 Å². The Hall–Kier alpha value is -3.35. The first kappa shape index (κ1) is 23.3. The molecule has 7 nitrogen and oxygen atoms in total. The van der Waals surface area contributed by atoms with E-state index in [4.69, 9.17) is 16.3 Å². The van der Waals surface area contributed by atoms with E-state index in [1.807, 2.05) is 0 Å². The number of hydrogen-bond donors (Lipinski definition) is 1. The van der Waals surface area contributed by atoms with Crippen LogP contribution in [-0.2, 0) is 12.7 Å². The second-order valence-corrected chi connectivity index (χ2v) is 6.65. The lowest BCUT2D eigenvalue weighted by atomic mass is 10.1. The Balaban J connectivity index is 1.81. The van der Waals surface area contributed by atoms with Crippen LogP contribution in [-0.4, -0.2) is 34.0 Å². The number of aromatic nitrogens is 3. The Morgan fingerprint density at radius 3 is 2.34 bits per heavy atom. The number of ether oxygens (including phenoxy) is 1. The van der Waals surface area contributed by atoms with E-state index in [-0.39, 0.29) is 17.0 Å². The molecule has 0 aliphatic rings. The van der Waals surface area contributed by atoms with Crippen molar-refractivity contribution >= 4 is 17.5 Å². The van der Waals surface area contributed by atoms with Gasteiger partial charge in [0.05, 0.1) is 6.54 Å². The molecule has 0 saturated heterocycles. The molecular weight excluding hydrogens is 470 g/mol. The molecule has 0 fully saturated rings. The van der Waals surface area contributed by atoms with Gasteiger partial charge in [-0.25, -0.2) is 0 Å². The van der Waals surface area contributed by atoms with Crippen LogP contribution in [0.4, 0.5) is 26.3 Å². The first-order valence-corrected chi connectivity index (χ1v) is 8.94. The molecule has 170 valence electrons. The fourth-order valence-corrected chi connectivity index (χ4v) is 2.50. The van der Waals surface area contributed by atoms with Crippen LogP contribution in [0.1, 0.15) is 21.9 Å². The maximum absolute atomic E-state index is 12.6. The van der Waals surface area contributed by atoms with Crippen molar-refractivity contribution in [3.63, 3.8) is 0 Å². The summed E-state index contributed by atoms with van der Waals surface area (Å²) in [4.78, 5) is 12.3. The fourth-order valence-electron chi connectivity index (χ4n) is 2.37. The molecule has 14 heteroatoms. The third kappa shape index (κ3) is 6.09. The Bertz CT molecular complexity index is 1100. The van der Waals surface area contributed by atoms with Crippen molar-refractivity contribution in [2.45, 2.75) is 18.9 Å². The van der Waals surface area contributed by atoms with Crippen molar-refractivity contribution in [1.82, 2.24) is 20.7 Å². The number of benzene rings is 1. The van der Waals surface area contributed by atoms with Gasteiger partial charge in [-0.05, 0) is 23.8 Å². The predicted molar refractivity (Wildman–Crippen MR) is 96.7 cm³/mol. The van der Waals surface area contributed by atoms with Crippen molar-refractivity contribution in [3.8, 4) is 17.0 Å². The second kappa shape index (κ2) is 9.02. The van der Waals surface area contributed by atoms with Crippen molar-refractivity contribution in [2.24, 2.45) is 0 Å². The lowest BCUT2D eigenvalue weighted by Gasteiger charge is -2.13. The van der Waals surface area contributed by atoms with Crippen LogP contribution in [0.2, 0.25) is 5.02 Å². The maximum atomic E-state index is 12.6. The standard InChI is InChI=1S/C18H11ClF6N4O3/c19-10-3-1-9(2-4-10)12-6-13(27-28-16(12)31-8-17(20,21)22)15(30)26-7-11-5-14(29-32-11)18(23,24)25/h1-6H,7-8H2,(H,26,30). The highest BCUT2D eigenvalue weighted by Crippen LogP contribution is 2.31. The van der Waals surface area contributed by atoms with E-state index in [9.17, 15) is 31.1 Å². The molecule has 2 heterocycles. The van der Waals surface area contributed by atoms with Gasteiger partial charge in [0.2, 0.25) is 5.88 Å². The smallest absolute Gasteiger partial charge is 0.436 e. The highest BCUT2D eigenvalue weighted by atomic mass is 35.5. The van der Waals surface area contributed by atoms with Gasteiger partial charge in [-0.1, -0.05) is 28.9 Å². The molecule has 0 spiro atoms. The van der Waals surface area contributed by atoms with Gasteiger partial charge in [-0.3, -0.25) is 4.79 Å². The molecule has 0 atom stereocenters. The zero-order valence-corrected chi connectivity index (χ0v) is 16.3. The Kier molecular flexibility index (Phi) is 6.57. The number of nitrogens with zero attached hydrogens (tertiary/aromatic N) is 3. The van der Waals surface area contributed by atoms with Gasteiger partial charge in [0.25, 0.3) is 5.91 Å². The molecule has 3 rings (SSSR count). The lowest BCUT2D eigenvalue weighted by Crippen LogP contribution is -2.24. The molecule has 1 N–H and O–H groups in total. The molecule has 0 saturated carbocycles. The molecule has 0 aliphatic carbocycles. The number of amides is 1. The van der Waals surface area contributed by atoms with Gasteiger partial charge < -0.3 is 14.6 Å². The van der Waals surface area contributed by atoms with Crippen LogP contribution in [0.25, 0.3) is 11.1 Å². The molecular formula is C18H11ClF6N4O3. The van der Waals surface area contributed by atoms with E-state index in [1.54, 1.807) is 0 Å². The fraction of sp³-hybridized carbons (Fsp3) is 0.222.